The second-order valence-corrected chi connectivity index (χ2v) is 5.74. The minimum atomic E-state index is -8.51. The first-order valence-electron chi connectivity index (χ1n) is 6.89. The minimum absolute atomic E-state index is 0.699. The van der Waals surface area contributed by atoms with Crippen LogP contribution in [0.2, 0.25) is 0 Å². The fourth-order valence-corrected chi connectivity index (χ4v) is 1.34. The third-order valence-electron chi connectivity index (χ3n) is 3.09. The van der Waals surface area contributed by atoms with Crippen LogP contribution in [0.25, 0.3) is 0 Å². The highest BCUT2D eigenvalue weighted by Gasteiger charge is 2.91. The van der Waals surface area contributed by atoms with Crippen molar-refractivity contribution in [3.05, 3.63) is 0 Å². The first kappa shape index (κ1) is 30.6. The lowest BCUT2D eigenvalue weighted by Crippen LogP contribution is -2.71. The molecule has 0 aromatic carbocycles. The highest BCUT2D eigenvalue weighted by atomic mass is 19.4. The quantitative estimate of drug-likeness (QED) is 0.357. The maximum atomic E-state index is 13.3. The van der Waals surface area contributed by atoms with Gasteiger partial charge in [-0.1, -0.05) is 0 Å². The van der Waals surface area contributed by atoms with Crippen LogP contribution in [0.15, 0.2) is 0 Å². The molecule has 0 heterocycles. The zero-order valence-corrected chi connectivity index (χ0v) is 14.2. The summed E-state index contributed by atoms with van der Waals surface area (Å²) in [6, 6.07) is 0. The molecule has 0 aliphatic carbocycles. The summed E-state index contributed by atoms with van der Waals surface area (Å²) >= 11 is 0. The molecule has 0 saturated heterocycles. The molecular weight excluding hydrogens is 522 g/mol. The fraction of sp³-hybridized carbons (Fsp3) is 1.00. The van der Waals surface area contributed by atoms with Gasteiger partial charge in [-0.3, -0.25) is 9.47 Å². The molecular formula is C11H6F18O3. The van der Waals surface area contributed by atoms with Crippen molar-refractivity contribution >= 4 is 0 Å². The molecule has 0 aromatic heterocycles. The van der Waals surface area contributed by atoms with Crippen molar-refractivity contribution in [1.29, 1.82) is 0 Å². The Balaban J connectivity index is 6.35. The molecule has 3 nitrogen and oxygen atoms in total. The molecule has 0 radical (unpaired) electrons. The van der Waals surface area contributed by atoms with Gasteiger partial charge in [-0.25, -0.2) is 17.6 Å². The van der Waals surface area contributed by atoms with Gasteiger partial charge in [-0.2, -0.15) is 61.5 Å². The van der Waals surface area contributed by atoms with Crippen LogP contribution in [-0.2, 0) is 9.47 Å². The predicted molar refractivity (Wildman–Crippen MR) is 59.4 cm³/mol. The molecule has 0 amide bonds. The number of hydrogen-bond donors (Lipinski definition) is 1. The number of hydrogen-bond acceptors (Lipinski definition) is 3. The Bertz CT molecular complexity index is 594. The van der Waals surface area contributed by atoms with Gasteiger partial charge < -0.3 is 5.11 Å². The van der Waals surface area contributed by atoms with E-state index in [1.165, 1.54) is 0 Å². The van der Waals surface area contributed by atoms with Crippen molar-refractivity contribution in [2.75, 3.05) is 0 Å². The van der Waals surface area contributed by atoms with Crippen LogP contribution in [0.4, 0.5) is 79.0 Å². The maximum Gasteiger partial charge on any atom is 0.428 e. The molecule has 0 saturated carbocycles. The number of aliphatic hydroxyl groups is 1. The lowest BCUT2D eigenvalue weighted by molar-refractivity contribution is -0.497. The van der Waals surface area contributed by atoms with Crippen LogP contribution in [0, 0.1) is 0 Å². The van der Waals surface area contributed by atoms with Crippen molar-refractivity contribution in [2.24, 2.45) is 0 Å². The van der Waals surface area contributed by atoms with E-state index in [1.807, 2.05) is 4.74 Å². The van der Waals surface area contributed by atoms with Gasteiger partial charge in [0, 0.05) is 6.92 Å². The van der Waals surface area contributed by atoms with Crippen molar-refractivity contribution in [3.63, 3.8) is 0 Å². The third-order valence-corrected chi connectivity index (χ3v) is 3.09. The van der Waals surface area contributed by atoms with Crippen LogP contribution >= 0.6 is 0 Å². The second kappa shape index (κ2) is 8.13. The first-order valence-corrected chi connectivity index (χ1v) is 6.89. The maximum absolute atomic E-state index is 13.3. The first-order chi connectivity index (χ1) is 13.5. The van der Waals surface area contributed by atoms with Crippen LogP contribution in [-0.4, -0.2) is 65.8 Å². The summed E-state index contributed by atoms with van der Waals surface area (Å²) in [6.45, 7) is -0.699. The van der Waals surface area contributed by atoms with Gasteiger partial charge >= 0.3 is 42.0 Å². The Morgan fingerprint density at radius 1 is 0.500 bits per heavy atom. The predicted octanol–water partition coefficient (Wildman–Crippen LogP) is 5.58. The zero-order chi connectivity index (χ0) is 26.6. The van der Waals surface area contributed by atoms with Crippen molar-refractivity contribution in [2.45, 2.75) is 67.6 Å². The van der Waals surface area contributed by atoms with Crippen LogP contribution < -0.4 is 0 Å². The highest BCUT2D eigenvalue weighted by Crippen LogP contribution is 2.60. The third kappa shape index (κ3) is 5.07. The van der Waals surface area contributed by atoms with Gasteiger partial charge in [-0.15, -0.1) is 0 Å². The van der Waals surface area contributed by atoms with E-state index in [4.69, 9.17) is 5.11 Å². The van der Waals surface area contributed by atoms with Gasteiger partial charge in [0.2, 0.25) is 0 Å². The molecule has 0 aromatic rings. The van der Waals surface area contributed by atoms with E-state index >= 15 is 0 Å². The van der Waals surface area contributed by atoms with Crippen molar-refractivity contribution in [3.8, 4) is 0 Å². The van der Waals surface area contributed by atoms with E-state index in [-0.39, 0.29) is 0 Å². The van der Waals surface area contributed by atoms with Crippen LogP contribution in [0.5, 0.6) is 0 Å². The van der Waals surface area contributed by atoms with E-state index in [0.717, 1.165) is 0 Å². The monoisotopic (exact) mass is 528 g/mol. The van der Waals surface area contributed by atoms with E-state index in [1.54, 1.807) is 4.74 Å². The summed E-state index contributed by atoms with van der Waals surface area (Å²) in [7, 11) is 0. The van der Waals surface area contributed by atoms with E-state index in [2.05, 4.69) is 0 Å². The van der Waals surface area contributed by atoms with E-state index in [0.29, 0.717) is 0 Å². The summed E-state index contributed by atoms with van der Waals surface area (Å²) in [6.07, 6.45) is -31.7. The molecule has 0 rings (SSSR count). The smallest absolute Gasteiger partial charge is 0.332 e. The van der Waals surface area contributed by atoms with Gasteiger partial charge in [-0.05, 0) is 0 Å². The molecule has 1 N–H and O–H groups in total. The van der Waals surface area contributed by atoms with Crippen LogP contribution in [0.1, 0.15) is 6.92 Å². The Hall–Kier alpha value is -1.38. The van der Waals surface area contributed by atoms with Gasteiger partial charge in [0.15, 0.2) is 0 Å². The molecule has 32 heavy (non-hydrogen) atoms. The molecule has 0 aliphatic heterocycles. The number of rotatable bonds is 11. The minimum Gasteiger partial charge on any atom is -0.332 e. The average molecular weight is 528 g/mol. The van der Waals surface area contributed by atoms with Crippen molar-refractivity contribution < 1.29 is 93.6 Å². The Kier molecular flexibility index (Phi) is 7.78. The fourth-order valence-electron chi connectivity index (χ4n) is 1.34. The topological polar surface area (TPSA) is 38.7 Å². The molecule has 21 heteroatoms. The summed E-state index contributed by atoms with van der Waals surface area (Å²) in [4.78, 5) is 0. The normalized spacial score (nSPS) is 18.0. The standard InChI is InChI=1S/C11H6F18O3/c1-4(14,15)2(12)31-10(26,27)8(22,23)6(18,19)7(20,21)9(24,25)11(28,29)32-3(13)5(16,17)30/h2-3,30H,1H3. The Morgan fingerprint density at radius 3 is 0.969 bits per heavy atom. The summed E-state index contributed by atoms with van der Waals surface area (Å²) in [5.74, 6) is -38.7. The van der Waals surface area contributed by atoms with Gasteiger partial charge in [0.1, 0.15) is 0 Å². The Morgan fingerprint density at radius 2 is 0.750 bits per heavy atom. The van der Waals surface area contributed by atoms with E-state index < -0.39 is 67.6 Å². The number of ether oxygens (including phenoxy) is 2. The average Bonchev–Trinajstić information content (AvgIpc) is 2.51. The molecule has 2 unspecified atom stereocenters. The van der Waals surface area contributed by atoms with Gasteiger partial charge in [0.25, 0.3) is 18.6 Å². The molecule has 194 valence electrons. The molecule has 0 spiro atoms. The Labute approximate surface area is 162 Å². The zero-order valence-electron chi connectivity index (χ0n) is 14.2. The lowest BCUT2D eigenvalue weighted by Gasteiger charge is -2.41. The molecule has 0 aliphatic rings. The van der Waals surface area contributed by atoms with Crippen molar-refractivity contribution in [1.82, 2.24) is 0 Å². The molecule has 0 fully saturated rings. The summed E-state index contributed by atoms with van der Waals surface area (Å²) < 4.78 is 235. The lowest BCUT2D eigenvalue weighted by atomic mass is 9.97. The van der Waals surface area contributed by atoms with Gasteiger partial charge in [0.05, 0.1) is 0 Å². The summed E-state index contributed by atoms with van der Waals surface area (Å²) in [5, 5.41) is 7.58. The molecule has 2 atom stereocenters. The van der Waals surface area contributed by atoms with E-state index in [9.17, 15) is 79.0 Å². The van der Waals surface area contributed by atoms with Crippen LogP contribution in [0.3, 0.4) is 0 Å². The second-order valence-electron chi connectivity index (χ2n) is 5.74. The molecule has 0 bridgehead atoms. The largest absolute Gasteiger partial charge is 0.428 e. The number of alkyl halides is 18. The number of halogens is 18. The SMILES string of the molecule is CC(F)(F)C(F)OC(F)(F)C(F)(F)C(F)(F)C(F)(F)C(F)(F)C(F)(F)OC(F)C(O)(F)F. The highest BCUT2D eigenvalue weighted by molar-refractivity contribution is 5.09. The summed E-state index contributed by atoms with van der Waals surface area (Å²) in [5.41, 5.74) is 0.